The van der Waals surface area contributed by atoms with Crippen LogP contribution in [0.1, 0.15) is 32.6 Å². The topological polar surface area (TPSA) is 43.6 Å². The number of rotatable bonds is 10. The van der Waals surface area contributed by atoms with Crippen molar-refractivity contribution >= 4 is 0 Å². The number of furan rings is 1. The summed E-state index contributed by atoms with van der Waals surface area (Å²) in [7, 11) is 0. The highest BCUT2D eigenvalue weighted by molar-refractivity contribution is 5.02. The Morgan fingerprint density at radius 1 is 1.17 bits per heavy atom. The van der Waals surface area contributed by atoms with E-state index in [-0.39, 0.29) is 6.04 Å². The Balaban J connectivity index is 1.90. The molecule has 0 aliphatic rings. The van der Waals surface area contributed by atoms with E-state index in [0.29, 0.717) is 25.7 Å². The molecule has 1 unspecified atom stereocenters. The van der Waals surface area contributed by atoms with Crippen molar-refractivity contribution in [3.05, 3.63) is 24.2 Å². The maximum absolute atomic E-state index is 5.47. The Morgan fingerprint density at radius 3 is 2.61 bits per heavy atom. The van der Waals surface area contributed by atoms with Crippen LogP contribution in [0.2, 0.25) is 0 Å². The Hall–Kier alpha value is -0.840. The average molecular weight is 255 g/mol. The Labute approximate surface area is 110 Å². The van der Waals surface area contributed by atoms with Gasteiger partial charge in [0.2, 0.25) is 0 Å². The van der Waals surface area contributed by atoms with Gasteiger partial charge in [-0.25, -0.2) is 0 Å². The molecular weight excluding hydrogens is 230 g/mol. The molecule has 0 spiro atoms. The molecule has 1 heterocycles. The molecule has 1 N–H and O–H groups in total. The molecule has 18 heavy (non-hydrogen) atoms. The first-order valence-electron chi connectivity index (χ1n) is 6.62. The van der Waals surface area contributed by atoms with Crippen molar-refractivity contribution in [1.29, 1.82) is 0 Å². The van der Waals surface area contributed by atoms with Gasteiger partial charge in [0.05, 0.1) is 32.1 Å². The van der Waals surface area contributed by atoms with Crippen LogP contribution in [0.25, 0.3) is 0 Å². The van der Waals surface area contributed by atoms with E-state index in [1.54, 1.807) is 6.26 Å². The maximum atomic E-state index is 5.47. The first-order chi connectivity index (χ1) is 8.70. The third-order valence-electron chi connectivity index (χ3n) is 2.49. The Morgan fingerprint density at radius 2 is 1.94 bits per heavy atom. The molecule has 0 aliphatic heterocycles. The quantitative estimate of drug-likeness (QED) is 0.653. The summed E-state index contributed by atoms with van der Waals surface area (Å²) in [6.45, 7) is 9.99. The van der Waals surface area contributed by atoms with Gasteiger partial charge in [0.15, 0.2) is 0 Å². The summed E-state index contributed by atoms with van der Waals surface area (Å²) in [6.07, 6.45) is 1.69. The molecule has 0 aromatic carbocycles. The summed E-state index contributed by atoms with van der Waals surface area (Å²) < 4.78 is 16.2. The van der Waals surface area contributed by atoms with Crippen molar-refractivity contribution < 1.29 is 13.9 Å². The van der Waals surface area contributed by atoms with Gasteiger partial charge in [-0.15, -0.1) is 0 Å². The molecule has 0 radical (unpaired) electrons. The molecule has 1 aromatic heterocycles. The van der Waals surface area contributed by atoms with Crippen LogP contribution < -0.4 is 5.32 Å². The fourth-order valence-corrected chi connectivity index (χ4v) is 1.52. The fourth-order valence-electron chi connectivity index (χ4n) is 1.52. The Kier molecular flexibility index (Phi) is 7.73. The van der Waals surface area contributed by atoms with Crippen LogP contribution in [0.5, 0.6) is 0 Å². The van der Waals surface area contributed by atoms with E-state index in [4.69, 9.17) is 13.9 Å². The molecule has 4 heteroatoms. The van der Waals surface area contributed by atoms with Gasteiger partial charge >= 0.3 is 0 Å². The number of hydrogen-bond donors (Lipinski definition) is 1. The second-order valence-corrected chi connectivity index (χ2v) is 4.77. The van der Waals surface area contributed by atoms with E-state index in [9.17, 15) is 0 Å². The fraction of sp³-hybridized carbons (Fsp3) is 0.714. The lowest BCUT2D eigenvalue weighted by atomic mass is 10.2. The summed E-state index contributed by atoms with van der Waals surface area (Å²) in [5.41, 5.74) is 0. The molecular formula is C14H25NO3. The van der Waals surface area contributed by atoms with E-state index < -0.39 is 0 Å². The molecule has 0 bridgehead atoms. The highest BCUT2D eigenvalue weighted by Crippen LogP contribution is 2.11. The minimum atomic E-state index is 0.223. The van der Waals surface area contributed by atoms with E-state index in [0.717, 1.165) is 18.9 Å². The minimum Gasteiger partial charge on any atom is -0.468 e. The first kappa shape index (κ1) is 15.2. The van der Waals surface area contributed by atoms with E-state index >= 15 is 0 Å². The average Bonchev–Trinajstić information content (AvgIpc) is 2.85. The zero-order chi connectivity index (χ0) is 13.2. The molecule has 0 aliphatic carbocycles. The van der Waals surface area contributed by atoms with Crippen molar-refractivity contribution in [3.63, 3.8) is 0 Å². The third kappa shape index (κ3) is 6.79. The monoisotopic (exact) mass is 255 g/mol. The molecule has 104 valence electrons. The van der Waals surface area contributed by atoms with Crippen LogP contribution in [0.3, 0.4) is 0 Å². The van der Waals surface area contributed by atoms with Gasteiger partial charge in [0.25, 0.3) is 0 Å². The molecule has 0 saturated heterocycles. The summed E-state index contributed by atoms with van der Waals surface area (Å²) in [6, 6.07) is 4.09. The van der Waals surface area contributed by atoms with Gasteiger partial charge in [-0.3, -0.25) is 0 Å². The summed E-state index contributed by atoms with van der Waals surface area (Å²) in [4.78, 5) is 0. The molecule has 1 atom stereocenters. The second kappa shape index (κ2) is 9.14. The van der Waals surface area contributed by atoms with Crippen molar-refractivity contribution in [3.8, 4) is 0 Å². The van der Waals surface area contributed by atoms with Gasteiger partial charge in [0.1, 0.15) is 5.76 Å². The summed E-state index contributed by atoms with van der Waals surface area (Å²) >= 11 is 0. The standard InChI is InChI=1S/C14H25NO3/c1-12(2)11-17-10-9-16-8-6-15-13(3)14-5-4-7-18-14/h4-5,7,12-13,15H,6,8-11H2,1-3H3. The van der Waals surface area contributed by atoms with Crippen LogP contribution >= 0.6 is 0 Å². The predicted molar refractivity (Wildman–Crippen MR) is 71.6 cm³/mol. The van der Waals surface area contributed by atoms with Crippen molar-refractivity contribution in [1.82, 2.24) is 5.32 Å². The normalized spacial score (nSPS) is 13.1. The smallest absolute Gasteiger partial charge is 0.120 e. The van der Waals surface area contributed by atoms with Crippen molar-refractivity contribution in [2.75, 3.05) is 33.0 Å². The molecule has 1 aromatic rings. The van der Waals surface area contributed by atoms with Crippen LogP contribution in [0.4, 0.5) is 0 Å². The lowest BCUT2D eigenvalue weighted by Gasteiger charge is -2.11. The largest absolute Gasteiger partial charge is 0.468 e. The zero-order valence-electron chi connectivity index (χ0n) is 11.6. The third-order valence-corrected chi connectivity index (χ3v) is 2.49. The highest BCUT2D eigenvalue weighted by Gasteiger charge is 2.05. The van der Waals surface area contributed by atoms with Gasteiger partial charge < -0.3 is 19.2 Å². The first-order valence-corrected chi connectivity index (χ1v) is 6.62. The molecule has 1 rings (SSSR count). The van der Waals surface area contributed by atoms with E-state index in [1.807, 2.05) is 12.1 Å². The van der Waals surface area contributed by atoms with Crippen molar-refractivity contribution in [2.24, 2.45) is 5.92 Å². The summed E-state index contributed by atoms with van der Waals surface area (Å²) in [5, 5.41) is 3.33. The van der Waals surface area contributed by atoms with Gasteiger partial charge in [-0.2, -0.15) is 0 Å². The lowest BCUT2D eigenvalue weighted by molar-refractivity contribution is 0.0382. The zero-order valence-corrected chi connectivity index (χ0v) is 11.6. The maximum Gasteiger partial charge on any atom is 0.120 e. The van der Waals surface area contributed by atoms with E-state index in [2.05, 4.69) is 26.1 Å². The van der Waals surface area contributed by atoms with Crippen LogP contribution in [-0.2, 0) is 9.47 Å². The SMILES string of the molecule is CC(C)COCCOCCNC(C)c1ccco1. The van der Waals surface area contributed by atoms with Crippen LogP contribution in [0, 0.1) is 5.92 Å². The van der Waals surface area contributed by atoms with Crippen molar-refractivity contribution in [2.45, 2.75) is 26.8 Å². The van der Waals surface area contributed by atoms with E-state index in [1.165, 1.54) is 0 Å². The number of hydrogen-bond acceptors (Lipinski definition) is 4. The molecule has 0 amide bonds. The molecule has 4 nitrogen and oxygen atoms in total. The predicted octanol–water partition coefficient (Wildman–Crippen LogP) is 2.62. The van der Waals surface area contributed by atoms with Crippen LogP contribution in [0.15, 0.2) is 22.8 Å². The molecule has 0 fully saturated rings. The molecule has 0 saturated carbocycles. The van der Waals surface area contributed by atoms with Gasteiger partial charge in [0, 0.05) is 13.2 Å². The lowest BCUT2D eigenvalue weighted by Crippen LogP contribution is -2.23. The minimum absolute atomic E-state index is 0.223. The Bertz CT molecular complexity index is 285. The highest BCUT2D eigenvalue weighted by atomic mass is 16.5. The summed E-state index contributed by atoms with van der Waals surface area (Å²) in [5.74, 6) is 1.54. The van der Waals surface area contributed by atoms with Gasteiger partial charge in [-0.1, -0.05) is 13.8 Å². The second-order valence-electron chi connectivity index (χ2n) is 4.77. The number of nitrogens with one attached hydrogen (secondary N) is 1. The van der Waals surface area contributed by atoms with Crippen LogP contribution in [-0.4, -0.2) is 33.0 Å². The van der Waals surface area contributed by atoms with Gasteiger partial charge in [-0.05, 0) is 25.0 Å². The number of ether oxygens (including phenoxy) is 2.